The second-order valence-electron chi connectivity index (χ2n) is 4.15. The zero-order chi connectivity index (χ0) is 12.0. The molecule has 1 rings (SSSR count). The molecule has 1 aromatic rings. The fraction of sp³-hybridized carbons (Fsp3) is 0.583. The van der Waals surface area contributed by atoms with Crippen LogP contribution in [-0.4, -0.2) is 36.2 Å². The van der Waals surface area contributed by atoms with Crippen molar-refractivity contribution in [1.82, 2.24) is 9.88 Å². The second-order valence-corrected chi connectivity index (χ2v) is 4.15. The van der Waals surface area contributed by atoms with Crippen molar-refractivity contribution in [1.29, 1.82) is 0 Å². The number of nitrogens with zero attached hydrogens (tertiary/aromatic N) is 2. The Labute approximate surface area is 97.4 Å². The molecule has 0 aliphatic heterocycles. The van der Waals surface area contributed by atoms with Gasteiger partial charge in [0.05, 0.1) is 6.61 Å². The Kier molecular flexibility index (Phi) is 5.22. The lowest BCUT2D eigenvalue weighted by Gasteiger charge is -2.26. The predicted molar refractivity (Wildman–Crippen MR) is 66.1 cm³/mol. The third kappa shape index (κ3) is 4.16. The summed E-state index contributed by atoms with van der Waals surface area (Å²) >= 11 is 0. The van der Waals surface area contributed by atoms with Crippen LogP contribution in [0.1, 0.15) is 19.4 Å². The fourth-order valence-electron chi connectivity index (χ4n) is 1.56. The van der Waals surface area contributed by atoms with E-state index in [2.05, 4.69) is 23.7 Å². The zero-order valence-corrected chi connectivity index (χ0v) is 10.3. The van der Waals surface area contributed by atoms with Crippen LogP contribution in [-0.2, 0) is 11.3 Å². The van der Waals surface area contributed by atoms with Crippen molar-refractivity contribution >= 4 is 5.82 Å². The van der Waals surface area contributed by atoms with Crippen LogP contribution in [0.15, 0.2) is 18.3 Å². The quantitative estimate of drug-likeness (QED) is 0.794. The maximum Gasteiger partial charge on any atom is 0.123 e. The molecule has 0 spiro atoms. The molecule has 0 unspecified atom stereocenters. The Balaban J connectivity index is 2.60. The monoisotopic (exact) mass is 223 g/mol. The van der Waals surface area contributed by atoms with Crippen molar-refractivity contribution in [3.8, 4) is 0 Å². The number of nitrogen functional groups attached to an aromatic ring is 1. The molecule has 0 saturated heterocycles. The summed E-state index contributed by atoms with van der Waals surface area (Å²) in [6, 6.07) is 4.41. The molecule has 0 aliphatic rings. The summed E-state index contributed by atoms with van der Waals surface area (Å²) in [6.45, 7) is 6.92. The van der Waals surface area contributed by atoms with E-state index in [1.165, 1.54) is 5.56 Å². The highest BCUT2D eigenvalue weighted by Crippen LogP contribution is 2.09. The van der Waals surface area contributed by atoms with E-state index in [0.717, 1.165) is 19.7 Å². The van der Waals surface area contributed by atoms with E-state index in [1.54, 1.807) is 13.3 Å². The molecule has 90 valence electrons. The lowest BCUT2D eigenvalue weighted by atomic mass is 10.2. The predicted octanol–water partition coefficient (Wildman–Crippen LogP) is 1.52. The van der Waals surface area contributed by atoms with E-state index in [1.807, 2.05) is 12.1 Å². The molecule has 0 fully saturated rings. The number of methoxy groups -OCH3 is 1. The first-order valence-electron chi connectivity index (χ1n) is 5.57. The minimum Gasteiger partial charge on any atom is -0.384 e. The van der Waals surface area contributed by atoms with Crippen molar-refractivity contribution in [3.63, 3.8) is 0 Å². The highest BCUT2D eigenvalue weighted by Gasteiger charge is 2.09. The van der Waals surface area contributed by atoms with Crippen LogP contribution in [0.2, 0.25) is 0 Å². The molecule has 0 amide bonds. The van der Waals surface area contributed by atoms with Gasteiger partial charge in [-0.05, 0) is 31.5 Å². The molecule has 4 nitrogen and oxygen atoms in total. The van der Waals surface area contributed by atoms with Gasteiger partial charge in [0.15, 0.2) is 0 Å². The summed E-state index contributed by atoms with van der Waals surface area (Å²) in [7, 11) is 1.73. The molecule has 16 heavy (non-hydrogen) atoms. The summed E-state index contributed by atoms with van der Waals surface area (Å²) in [5.74, 6) is 0.577. The highest BCUT2D eigenvalue weighted by molar-refractivity contribution is 5.31. The summed E-state index contributed by atoms with van der Waals surface area (Å²) in [5, 5.41) is 0. The number of aromatic nitrogens is 1. The molecule has 0 atom stereocenters. The Morgan fingerprint density at radius 1 is 1.50 bits per heavy atom. The van der Waals surface area contributed by atoms with E-state index >= 15 is 0 Å². The molecule has 0 saturated carbocycles. The number of anilines is 1. The van der Waals surface area contributed by atoms with Crippen molar-refractivity contribution in [2.45, 2.75) is 26.4 Å². The molecule has 1 heterocycles. The fourth-order valence-corrected chi connectivity index (χ4v) is 1.56. The molecular weight excluding hydrogens is 202 g/mol. The number of nitrogens with two attached hydrogens (primary N) is 1. The number of hydrogen-bond acceptors (Lipinski definition) is 4. The number of pyridine rings is 1. The van der Waals surface area contributed by atoms with Crippen molar-refractivity contribution in [2.75, 3.05) is 26.0 Å². The largest absolute Gasteiger partial charge is 0.384 e. The van der Waals surface area contributed by atoms with Crippen LogP contribution in [0.4, 0.5) is 5.82 Å². The van der Waals surface area contributed by atoms with Gasteiger partial charge < -0.3 is 10.5 Å². The Morgan fingerprint density at radius 2 is 2.25 bits per heavy atom. The number of ether oxygens (including phenoxy) is 1. The molecule has 4 heteroatoms. The highest BCUT2D eigenvalue weighted by atomic mass is 16.5. The van der Waals surface area contributed by atoms with Gasteiger partial charge in [0.2, 0.25) is 0 Å². The molecule has 0 bridgehead atoms. The smallest absolute Gasteiger partial charge is 0.123 e. The van der Waals surface area contributed by atoms with E-state index in [9.17, 15) is 0 Å². The van der Waals surface area contributed by atoms with Crippen LogP contribution >= 0.6 is 0 Å². The molecule has 0 radical (unpaired) electrons. The van der Waals surface area contributed by atoms with Gasteiger partial charge in [-0.1, -0.05) is 0 Å². The minimum absolute atomic E-state index is 0.490. The normalized spacial score (nSPS) is 11.3. The van der Waals surface area contributed by atoms with Crippen molar-refractivity contribution in [3.05, 3.63) is 23.9 Å². The van der Waals surface area contributed by atoms with Crippen LogP contribution in [0.3, 0.4) is 0 Å². The topological polar surface area (TPSA) is 51.4 Å². The summed E-state index contributed by atoms with van der Waals surface area (Å²) in [6.07, 6.45) is 1.75. The summed E-state index contributed by atoms with van der Waals surface area (Å²) in [5.41, 5.74) is 6.85. The second kappa shape index (κ2) is 6.45. The van der Waals surface area contributed by atoms with E-state index in [0.29, 0.717) is 11.9 Å². The number of rotatable bonds is 6. The summed E-state index contributed by atoms with van der Waals surface area (Å²) in [4.78, 5) is 6.33. The van der Waals surface area contributed by atoms with Crippen LogP contribution in [0, 0.1) is 0 Å². The van der Waals surface area contributed by atoms with Gasteiger partial charge in [-0.15, -0.1) is 0 Å². The minimum atomic E-state index is 0.490. The van der Waals surface area contributed by atoms with E-state index in [-0.39, 0.29) is 0 Å². The van der Waals surface area contributed by atoms with E-state index in [4.69, 9.17) is 10.5 Å². The van der Waals surface area contributed by atoms with Crippen LogP contribution < -0.4 is 5.73 Å². The molecule has 0 aromatic carbocycles. The third-order valence-corrected chi connectivity index (χ3v) is 2.54. The maximum atomic E-state index is 5.66. The van der Waals surface area contributed by atoms with Gasteiger partial charge in [0.1, 0.15) is 5.82 Å². The van der Waals surface area contributed by atoms with Gasteiger partial charge in [-0.25, -0.2) is 4.98 Å². The van der Waals surface area contributed by atoms with Crippen molar-refractivity contribution < 1.29 is 4.74 Å². The molecule has 0 aliphatic carbocycles. The first kappa shape index (κ1) is 12.9. The van der Waals surface area contributed by atoms with Gasteiger partial charge in [0.25, 0.3) is 0 Å². The van der Waals surface area contributed by atoms with Crippen molar-refractivity contribution in [2.24, 2.45) is 0 Å². The Morgan fingerprint density at radius 3 is 2.81 bits per heavy atom. The lowest BCUT2D eigenvalue weighted by molar-refractivity contribution is 0.125. The first-order valence-corrected chi connectivity index (χ1v) is 5.57. The Hall–Kier alpha value is -1.13. The number of hydrogen-bond donors (Lipinski definition) is 1. The molecule has 2 N–H and O–H groups in total. The van der Waals surface area contributed by atoms with Gasteiger partial charge in [0, 0.05) is 32.4 Å². The standard InChI is InChI=1S/C12H21N3O/c1-10(2)15(6-7-16-3)9-11-4-5-14-12(13)8-11/h4-5,8,10H,6-7,9H2,1-3H3,(H2,13,14). The van der Waals surface area contributed by atoms with E-state index < -0.39 is 0 Å². The summed E-state index contributed by atoms with van der Waals surface area (Å²) < 4.78 is 5.11. The average Bonchev–Trinajstić information content (AvgIpc) is 2.24. The maximum absolute atomic E-state index is 5.66. The lowest BCUT2D eigenvalue weighted by Crippen LogP contribution is -2.33. The van der Waals surface area contributed by atoms with Crippen LogP contribution in [0.5, 0.6) is 0 Å². The van der Waals surface area contributed by atoms with Crippen LogP contribution in [0.25, 0.3) is 0 Å². The first-order chi connectivity index (χ1) is 7.63. The van der Waals surface area contributed by atoms with Gasteiger partial charge >= 0.3 is 0 Å². The SMILES string of the molecule is COCCN(Cc1ccnc(N)c1)C(C)C. The molecular formula is C12H21N3O. The van der Waals surface area contributed by atoms with Gasteiger partial charge in [-0.3, -0.25) is 4.90 Å². The average molecular weight is 223 g/mol. The Bertz CT molecular complexity index is 315. The third-order valence-electron chi connectivity index (χ3n) is 2.54. The zero-order valence-electron chi connectivity index (χ0n) is 10.3. The van der Waals surface area contributed by atoms with Gasteiger partial charge in [-0.2, -0.15) is 0 Å². The molecule has 1 aromatic heterocycles.